The van der Waals surface area contributed by atoms with Crippen LogP contribution < -0.4 is 5.73 Å². The SMILES string of the molecule is NC1=CCC(c2ccco2)C=C1. The Balaban J connectivity index is 2.15. The number of rotatable bonds is 1. The van der Waals surface area contributed by atoms with Gasteiger partial charge in [-0.1, -0.05) is 12.2 Å². The maximum absolute atomic E-state index is 5.59. The molecule has 2 N–H and O–H groups in total. The van der Waals surface area contributed by atoms with Crippen LogP contribution in [-0.4, -0.2) is 0 Å². The summed E-state index contributed by atoms with van der Waals surface area (Å²) >= 11 is 0. The van der Waals surface area contributed by atoms with Gasteiger partial charge in [-0.25, -0.2) is 0 Å². The van der Waals surface area contributed by atoms with Crippen LogP contribution in [0.2, 0.25) is 0 Å². The molecule has 1 aromatic heterocycles. The van der Waals surface area contributed by atoms with Crippen molar-refractivity contribution in [3.05, 3.63) is 48.1 Å². The van der Waals surface area contributed by atoms with Gasteiger partial charge in [-0.2, -0.15) is 0 Å². The van der Waals surface area contributed by atoms with Crippen molar-refractivity contribution in [2.45, 2.75) is 12.3 Å². The van der Waals surface area contributed by atoms with Crippen LogP contribution in [0.4, 0.5) is 0 Å². The van der Waals surface area contributed by atoms with E-state index in [0.717, 1.165) is 17.9 Å². The molecule has 1 unspecified atom stereocenters. The minimum absolute atomic E-state index is 0.368. The monoisotopic (exact) mass is 161 g/mol. The smallest absolute Gasteiger partial charge is 0.110 e. The molecule has 0 fully saturated rings. The Bertz CT molecular complexity index is 309. The van der Waals surface area contributed by atoms with Gasteiger partial charge in [-0.05, 0) is 24.6 Å². The lowest BCUT2D eigenvalue weighted by Gasteiger charge is -2.11. The van der Waals surface area contributed by atoms with Gasteiger partial charge in [0.2, 0.25) is 0 Å². The van der Waals surface area contributed by atoms with Gasteiger partial charge < -0.3 is 10.2 Å². The van der Waals surface area contributed by atoms with Gasteiger partial charge in [0.05, 0.1) is 6.26 Å². The van der Waals surface area contributed by atoms with E-state index in [1.807, 2.05) is 24.3 Å². The highest BCUT2D eigenvalue weighted by molar-refractivity contribution is 5.26. The third-order valence-electron chi connectivity index (χ3n) is 2.04. The molecule has 0 aromatic carbocycles. The van der Waals surface area contributed by atoms with E-state index < -0.39 is 0 Å². The molecule has 1 aromatic rings. The van der Waals surface area contributed by atoms with Gasteiger partial charge in [0.25, 0.3) is 0 Å². The minimum Gasteiger partial charge on any atom is -0.469 e. The van der Waals surface area contributed by atoms with E-state index in [9.17, 15) is 0 Å². The number of allylic oxidation sites excluding steroid dienone is 3. The summed E-state index contributed by atoms with van der Waals surface area (Å²) in [5.41, 5.74) is 6.44. The maximum Gasteiger partial charge on any atom is 0.110 e. The van der Waals surface area contributed by atoms with Crippen molar-refractivity contribution < 1.29 is 4.42 Å². The molecule has 0 aliphatic heterocycles. The molecule has 2 rings (SSSR count). The summed E-state index contributed by atoms with van der Waals surface area (Å²) < 4.78 is 5.29. The highest BCUT2D eigenvalue weighted by Crippen LogP contribution is 2.25. The van der Waals surface area contributed by atoms with Crippen molar-refractivity contribution in [2.24, 2.45) is 5.73 Å². The van der Waals surface area contributed by atoms with E-state index in [-0.39, 0.29) is 0 Å². The van der Waals surface area contributed by atoms with Crippen LogP contribution in [-0.2, 0) is 0 Å². The van der Waals surface area contributed by atoms with Gasteiger partial charge in [0.1, 0.15) is 5.76 Å². The molecular formula is C10H11NO. The van der Waals surface area contributed by atoms with Gasteiger partial charge in [0, 0.05) is 11.6 Å². The molecule has 0 saturated heterocycles. The van der Waals surface area contributed by atoms with Crippen LogP contribution in [0.1, 0.15) is 18.1 Å². The van der Waals surface area contributed by atoms with E-state index in [2.05, 4.69) is 6.08 Å². The Morgan fingerprint density at radius 2 is 2.42 bits per heavy atom. The maximum atomic E-state index is 5.59. The summed E-state index contributed by atoms with van der Waals surface area (Å²) in [5.74, 6) is 1.38. The van der Waals surface area contributed by atoms with Crippen LogP contribution in [0.5, 0.6) is 0 Å². The molecule has 1 aliphatic carbocycles. The fourth-order valence-corrected chi connectivity index (χ4v) is 1.35. The van der Waals surface area contributed by atoms with Crippen molar-refractivity contribution in [2.75, 3.05) is 0 Å². The van der Waals surface area contributed by atoms with E-state index in [0.29, 0.717) is 5.92 Å². The number of hydrogen-bond acceptors (Lipinski definition) is 2. The second kappa shape index (κ2) is 2.89. The van der Waals surface area contributed by atoms with Crippen molar-refractivity contribution in [3.8, 4) is 0 Å². The van der Waals surface area contributed by atoms with Crippen molar-refractivity contribution in [1.82, 2.24) is 0 Å². The van der Waals surface area contributed by atoms with Crippen molar-refractivity contribution in [3.63, 3.8) is 0 Å². The van der Waals surface area contributed by atoms with E-state index >= 15 is 0 Å². The van der Waals surface area contributed by atoms with Gasteiger partial charge >= 0.3 is 0 Å². The number of nitrogens with two attached hydrogens (primary N) is 1. The van der Waals surface area contributed by atoms with E-state index in [1.54, 1.807) is 6.26 Å². The lowest BCUT2D eigenvalue weighted by atomic mass is 9.97. The Morgan fingerprint density at radius 1 is 1.50 bits per heavy atom. The summed E-state index contributed by atoms with van der Waals surface area (Å²) in [4.78, 5) is 0. The Kier molecular flexibility index (Phi) is 1.74. The van der Waals surface area contributed by atoms with Crippen LogP contribution >= 0.6 is 0 Å². The zero-order chi connectivity index (χ0) is 8.39. The van der Waals surface area contributed by atoms with Gasteiger partial charge in [-0.3, -0.25) is 0 Å². The van der Waals surface area contributed by atoms with Gasteiger partial charge in [0.15, 0.2) is 0 Å². The first-order valence-electron chi connectivity index (χ1n) is 4.03. The summed E-state index contributed by atoms with van der Waals surface area (Å²) in [7, 11) is 0. The lowest BCUT2D eigenvalue weighted by Crippen LogP contribution is -2.02. The number of furan rings is 1. The van der Waals surface area contributed by atoms with Crippen LogP contribution in [0, 0.1) is 0 Å². The summed E-state index contributed by atoms with van der Waals surface area (Å²) in [6.07, 6.45) is 8.67. The Morgan fingerprint density at radius 3 is 3.00 bits per heavy atom. The summed E-state index contributed by atoms with van der Waals surface area (Å²) in [5, 5.41) is 0. The van der Waals surface area contributed by atoms with Crippen molar-refractivity contribution in [1.29, 1.82) is 0 Å². The molecule has 1 heterocycles. The van der Waals surface area contributed by atoms with E-state index in [4.69, 9.17) is 10.2 Å². The zero-order valence-electron chi connectivity index (χ0n) is 6.73. The third-order valence-corrected chi connectivity index (χ3v) is 2.04. The Labute approximate surface area is 71.4 Å². The first kappa shape index (κ1) is 7.22. The topological polar surface area (TPSA) is 39.2 Å². The average molecular weight is 161 g/mol. The fourth-order valence-electron chi connectivity index (χ4n) is 1.35. The standard InChI is InChI=1S/C10H11NO/c11-9-5-3-8(4-6-9)10-2-1-7-12-10/h1-3,5-8H,4,11H2. The molecule has 2 nitrogen and oxygen atoms in total. The molecule has 62 valence electrons. The number of hydrogen-bond donors (Lipinski definition) is 1. The molecule has 0 bridgehead atoms. The average Bonchev–Trinajstić information content (AvgIpc) is 2.58. The highest BCUT2D eigenvalue weighted by atomic mass is 16.3. The van der Waals surface area contributed by atoms with Crippen LogP contribution in [0.3, 0.4) is 0 Å². The fraction of sp³-hybridized carbons (Fsp3) is 0.200. The zero-order valence-corrected chi connectivity index (χ0v) is 6.73. The molecule has 0 saturated carbocycles. The first-order valence-corrected chi connectivity index (χ1v) is 4.03. The molecule has 1 atom stereocenters. The second-order valence-corrected chi connectivity index (χ2v) is 2.92. The molecule has 0 spiro atoms. The quantitative estimate of drug-likeness (QED) is 0.685. The summed E-state index contributed by atoms with van der Waals surface area (Å²) in [6.45, 7) is 0. The van der Waals surface area contributed by atoms with Crippen LogP contribution in [0.25, 0.3) is 0 Å². The first-order chi connectivity index (χ1) is 5.86. The van der Waals surface area contributed by atoms with E-state index in [1.165, 1.54) is 0 Å². The lowest BCUT2D eigenvalue weighted by molar-refractivity contribution is 0.489. The molecule has 0 amide bonds. The predicted octanol–water partition coefficient (Wildman–Crippen LogP) is 2.17. The Hall–Kier alpha value is -1.44. The normalized spacial score (nSPS) is 22.3. The largest absolute Gasteiger partial charge is 0.469 e. The second-order valence-electron chi connectivity index (χ2n) is 2.92. The highest BCUT2D eigenvalue weighted by Gasteiger charge is 2.11. The summed E-state index contributed by atoms with van der Waals surface area (Å²) in [6, 6.07) is 3.90. The molecule has 0 radical (unpaired) electrons. The molecule has 1 aliphatic rings. The third kappa shape index (κ3) is 1.28. The van der Waals surface area contributed by atoms with Crippen LogP contribution in [0.15, 0.2) is 46.7 Å². The predicted molar refractivity (Wildman–Crippen MR) is 47.5 cm³/mol. The minimum atomic E-state index is 0.368. The molecular weight excluding hydrogens is 150 g/mol. The van der Waals surface area contributed by atoms with Crippen molar-refractivity contribution >= 4 is 0 Å². The molecule has 2 heteroatoms. The molecule has 12 heavy (non-hydrogen) atoms. The van der Waals surface area contributed by atoms with Gasteiger partial charge in [-0.15, -0.1) is 0 Å².